The zero-order valence-electron chi connectivity index (χ0n) is 16.8. The number of sulfone groups is 1. The average molecular weight is 459 g/mol. The summed E-state index contributed by atoms with van der Waals surface area (Å²) in [6.07, 6.45) is 3.43. The van der Waals surface area contributed by atoms with Gasteiger partial charge in [-0.2, -0.15) is 13.2 Å². The first-order valence-corrected chi connectivity index (χ1v) is 11.7. The lowest BCUT2D eigenvalue weighted by atomic mass is 9.88. The molecule has 4 rings (SSSR count). The Kier molecular flexibility index (Phi) is 5.43. The van der Waals surface area contributed by atoms with Crippen molar-refractivity contribution in [1.82, 2.24) is 15.1 Å². The summed E-state index contributed by atoms with van der Waals surface area (Å²) >= 11 is 0. The number of halogens is 3. The maximum absolute atomic E-state index is 12.7. The Morgan fingerprint density at radius 1 is 1.10 bits per heavy atom. The first kappa shape index (κ1) is 21.9. The molecule has 0 bridgehead atoms. The number of amides is 3. The van der Waals surface area contributed by atoms with Crippen molar-refractivity contribution in [3.05, 3.63) is 29.8 Å². The molecule has 1 spiro atoms. The number of hydrogen-bond donors (Lipinski definition) is 1. The van der Waals surface area contributed by atoms with Gasteiger partial charge in [0.1, 0.15) is 0 Å². The summed E-state index contributed by atoms with van der Waals surface area (Å²) in [4.78, 5) is 26.9. The van der Waals surface area contributed by atoms with Crippen LogP contribution in [0.5, 0.6) is 0 Å². The molecule has 0 radical (unpaired) electrons. The molecule has 3 saturated heterocycles. The van der Waals surface area contributed by atoms with Crippen molar-refractivity contribution in [2.75, 3.05) is 26.2 Å². The van der Waals surface area contributed by atoms with E-state index in [0.29, 0.717) is 39.0 Å². The van der Waals surface area contributed by atoms with Gasteiger partial charge in [0.05, 0.1) is 10.4 Å². The number of hydrogen-bond acceptors (Lipinski definition) is 4. The number of alkyl halides is 3. The fraction of sp³-hybridized carbons (Fsp3) is 0.600. The zero-order valence-corrected chi connectivity index (χ0v) is 17.6. The van der Waals surface area contributed by atoms with Crippen LogP contribution in [0, 0.1) is 5.92 Å². The smallest absolute Gasteiger partial charge is 0.347 e. The van der Waals surface area contributed by atoms with Gasteiger partial charge in [0.25, 0.3) is 9.84 Å². The number of nitrogens with zero attached hydrogens (tertiary/aromatic N) is 2. The first-order valence-electron chi connectivity index (χ1n) is 10.2. The Morgan fingerprint density at radius 3 is 2.23 bits per heavy atom. The van der Waals surface area contributed by atoms with Crippen LogP contribution in [0.25, 0.3) is 0 Å². The Bertz CT molecular complexity index is 964. The van der Waals surface area contributed by atoms with Gasteiger partial charge in [-0.3, -0.25) is 4.79 Å². The Morgan fingerprint density at radius 2 is 1.71 bits per heavy atom. The van der Waals surface area contributed by atoms with Crippen molar-refractivity contribution in [1.29, 1.82) is 0 Å². The number of carbonyl (C=O) groups excluding carboxylic acids is 2. The molecule has 0 unspecified atom stereocenters. The second-order valence-corrected chi connectivity index (χ2v) is 10.6. The van der Waals surface area contributed by atoms with E-state index in [1.807, 2.05) is 0 Å². The van der Waals surface area contributed by atoms with Crippen LogP contribution in [-0.4, -0.2) is 67.4 Å². The zero-order chi connectivity index (χ0) is 22.4. The molecule has 7 nitrogen and oxygen atoms in total. The number of nitrogens with one attached hydrogen (secondary N) is 1. The van der Waals surface area contributed by atoms with E-state index in [9.17, 15) is 31.2 Å². The summed E-state index contributed by atoms with van der Waals surface area (Å²) in [5, 5.41) is 2.96. The molecule has 11 heteroatoms. The van der Waals surface area contributed by atoms with Crippen LogP contribution in [-0.2, 0) is 21.1 Å². The van der Waals surface area contributed by atoms with E-state index in [-0.39, 0.29) is 23.4 Å². The number of rotatable bonds is 3. The van der Waals surface area contributed by atoms with E-state index in [1.54, 1.807) is 9.80 Å². The highest BCUT2D eigenvalue weighted by Crippen LogP contribution is 2.33. The monoisotopic (exact) mass is 459 g/mol. The molecule has 3 aliphatic heterocycles. The average Bonchev–Trinajstić information content (AvgIpc) is 3.09. The molecule has 3 fully saturated rings. The van der Waals surface area contributed by atoms with Crippen LogP contribution >= 0.6 is 0 Å². The Balaban J connectivity index is 1.26. The molecule has 0 aliphatic carbocycles. The number of piperidine rings is 1. The first-order chi connectivity index (χ1) is 14.5. The quantitative estimate of drug-likeness (QED) is 0.752. The van der Waals surface area contributed by atoms with Crippen molar-refractivity contribution in [2.24, 2.45) is 5.92 Å². The van der Waals surface area contributed by atoms with E-state index in [4.69, 9.17) is 0 Å². The molecular weight excluding hydrogens is 435 g/mol. The number of likely N-dealkylation sites (tertiary alicyclic amines) is 2. The van der Waals surface area contributed by atoms with Crippen molar-refractivity contribution in [2.45, 2.75) is 48.0 Å². The van der Waals surface area contributed by atoms with Gasteiger partial charge in [0.15, 0.2) is 0 Å². The van der Waals surface area contributed by atoms with Crippen LogP contribution in [0.1, 0.15) is 31.2 Å². The molecule has 1 aromatic rings. The van der Waals surface area contributed by atoms with Gasteiger partial charge in [-0.1, -0.05) is 12.1 Å². The predicted molar refractivity (Wildman–Crippen MR) is 105 cm³/mol. The molecular formula is C20H24F3N3O4S. The highest BCUT2D eigenvalue weighted by molar-refractivity contribution is 7.92. The minimum atomic E-state index is -5.33. The minimum Gasteiger partial charge on any atom is -0.347 e. The molecule has 3 amide bonds. The van der Waals surface area contributed by atoms with Crippen LogP contribution in [0.2, 0.25) is 0 Å². The molecule has 170 valence electrons. The lowest BCUT2D eigenvalue weighted by Crippen LogP contribution is -2.70. The van der Waals surface area contributed by atoms with Crippen molar-refractivity contribution in [3.63, 3.8) is 0 Å². The molecule has 0 atom stereocenters. The number of benzene rings is 1. The normalized spacial score (nSPS) is 21.8. The number of urea groups is 1. The fourth-order valence-corrected chi connectivity index (χ4v) is 5.39. The molecule has 1 aromatic carbocycles. The van der Waals surface area contributed by atoms with Gasteiger partial charge in [-0.15, -0.1) is 0 Å². The van der Waals surface area contributed by atoms with Crippen molar-refractivity contribution in [3.8, 4) is 0 Å². The van der Waals surface area contributed by atoms with Crippen molar-refractivity contribution < 1.29 is 31.2 Å². The van der Waals surface area contributed by atoms with Crippen molar-refractivity contribution >= 4 is 21.8 Å². The maximum Gasteiger partial charge on any atom is 0.501 e. The lowest BCUT2D eigenvalue weighted by Gasteiger charge is -2.49. The largest absolute Gasteiger partial charge is 0.501 e. The van der Waals surface area contributed by atoms with Gasteiger partial charge < -0.3 is 15.1 Å². The summed E-state index contributed by atoms with van der Waals surface area (Å²) in [7, 11) is -5.33. The third kappa shape index (κ3) is 4.24. The van der Waals surface area contributed by atoms with Gasteiger partial charge in [0, 0.05) is 32.6 Å². The van der Waals surface area contributed by atoms with Crippen LogP contribution < -0.4 is 5.32 Å². The van der Waals surface area contributed by atoms with Crippen LogP contribution in [0.15, 0.2) is 29.2 Å². The van der Waals surface area contributed by atoms with Gasteiger partial charge in [-0.05, 0) is 49.3 Å². The van der Waals surface area contributed by atoms with E-state index >= 15 is 0 Å². The second-order valence-electron chi connectivity index (χ2n) is 8.69. The highest BCUT2D eigenvalue weighted by Gasteiger charge is 2.50. The van der Waals surface area contributed by atoms with E-state index in [1.165, 1.54) is 12.1 Å². The Labute approximate surface area is 178 Å². The van der Waals surface area contributed by atoms with E-state index in [0.717, 1.165) is 37.0 Å². The molecule has 3 aliphatic rings. The standard InChI is InChI=1S/C20H24F3N3O4S/c21-20(22,23)31(29,30)16-3-1-14(2-4-16)11-15-6-9-25(10-7-15)18(28)26-12-19(13-26)8-5-17(27)24-19/h1-4,15H,5-13H2,(H,24,27). The third-order valence-corrected chi connectivity index (χ3v) is 7.94. The van der Waals surface area contributed by atoms with Gasteiger partial charge in [-0.25, -0.2) is 13.2 Å². The van der Waals surface area contributed by atoms with Gasteiger partial charge in [0.2, 0.25) is 5.91 Å². The van der Waals surface area contributed by atoms with Crippen LogP contribution in [0.4, 0.5) is 18.0 Å². The summed E-state index contributed by atoms with van der Waals surface area (Å²) in [6.45, 7) is 2.29. The highest BCUT2D eigenvalue weighted by atomic mass is 32.2. The molecule has 1 N–H and O–H groups in total. The Hall–Kier alpha value is -2.30. The second kappa shape index (κ2) is 7.68. The predicted octanol–water partition coefficient (Wildman–Crippen LogP) is 2.32. The van der Waals surface area contributed by atoms with E-state index in [2.05, 4.69) is 5.32 Å². The summed E-state index contributed by atoms with van der Waals surface area (Å²) in [5.74, 6) is 0.308. The molecule has 0 aromatic heterocycles. The molecule has 3 heterocycles. The van der Waals surface area contributed by atoms with Gasteiger partial charge >= 0.3 is 11.5 Å². The summed E-state index contributed by atoms with van der Waals surface area (Å²) < 4.78 is 60.8. The van der Waals surface area contributed by atoms with E-state index < -0.39 is 20.2 Å². The molecule has 31 heavy (non-hydrogen) atoms. The topological polar surface area (TPSA) is 86.8 Å². The SMILES string of the molecule is O=C1CCC2(CN(C(=O)N3CCC(Cc4ccc(S(=O)(=O)C(F)(F)F)cc4)CC3)C2)N1. The van der Waals surface area contributed by atoms with Crippen LogP contribution in [0.3, 0.4) is 0 Å². The minimum absolute atomic E-state index is 0.0214. The maximum atomic E-state index is 12.7. The molecule has 0 saturated carbocycles. The third-order valence-electron chi connectivity index (χ3n) is 6.44. The summed E-state index contributed by atoms with van der Waals surface area (Å²) in [6, 6.07) is 4.82. The fourth-order valence-electron chi connectivity index (χ4n) is 4.63. The number of carbonyl (C=O) groups is 2. The lowest BCUT2D eigenvalue weighted by molar-refractivity contribution is -0.120. The summed E-state index contributed by atoms with van der Waals surface area (Å²) in [5.41, 5.74) is -4.78.